The lowest BCUT2D eigenvalue weighted by atomic mass is 10.2. The number of carboxylic acid groups (broad SMARTS) is 1. The molecule has 8 heteroatoms. The molecule has 2 aromatic rings. The van der Waals surface area contributed by atoms with Crippen LogP contribution in [0.4, 0.5) is 4.79 Å². The van der Waals surface area contributed by atoms with Crippen LogP contribution in [0.25, 0.3) is 0 Å². The molecule has 0 radical (unpaired) electrons. The van der Waals surface area contributed by atoms with Gasteiger partial charge in [-0.3, -0.25) is 4.98 Å². The van der Waals surface area contributed by atoms with Crippen LogP contribution in [0.1, 0.15) is 21.9 Å². The minimum Gasteiger partial charge on any atom is -0.478 e. The third-order valence-corrected chi connectivity index (χ3v) is 2.70. The van der Waals surface area contributed by atoms with E-state index >= 15 is 0 Å². The second-order valence-electron chi connectivity index (χ2n) is 4.24. The van der Waals surface area contributed by atoms with Gasteiger partial charge in [0, 0.05) is 31.6 Å². The van der Waals surface area contributed by atoms with Gasteiger partial charge in [0.2, 0.25) is 0 Å². The van der Waals surface area contributed by atoms with Crippen molar-refractivity contribution in [2.45, 2.75) is 13.0 Å². The van der Waals surface area contributed by atoms with E-state index in [1.807, 2.05) is 0 Å². The Morgan fingerprint density at radius 3 is 2.81 bits per heavy atom. The maximum Gasteiger partial charge on any atom is 0.335 e. The van der Waals surface area contributed by atoms with E-state index in [-0.39, 0.29) is 18.1 Å². The lowest BCUT2D eigenvalue weighted by Crippen LogP contribution is -2.36. The lowest BCUT2D eigenvalue weighted by molar-refractivity contribution is 0.0696. The summed E-state index contributed by atoms with van der Waals surface area (Å²) < 4.78 is 0. The van der Waals surface area contributed by atoms with E-state index in [0.29, 0.717) is 18.7 Å². The number of H-pyrrole nitrogens is 1. The Morgan fingerprint density at radius 1 is 1.24 bits per heavy atom. The first kappa shape index (κ1) is 14.5. The number of carbonyl (C=O) groups excluding carboxylic acids is 1. The molecule has 0 aliphatic carbocycles. The van der Waals surface area contributed by atoms with E-state index in [9.17, 15) is 9.59 Å². The summed E-state index contributed by atoms with van der Waals surface area (Å²) in [6, 6.07) is 2.48. The number of amides is 2. The van der Waals surface area contributed by atoms with Crippen LogP contribution < -0.4 is 10.6 Å². The number of nitrogens with one attached hydrogen (secondary N) is 3. The Hall–Kier alpha value is -2.90. The van der Waals surface area contributed by atoms with Crippen molar-refractivity contribution in [1.29, 1.82) is 0 Å². The number of hydrogen-bond acceptors (Lipinski definition) is 4. The molecule has 0 unspecified atom stereocenters. The number of aromatic amines is 1. The largest absolute Gasteiger partial charge is 0.478 e. The van der Waals surface area contributed by atoms with E-state index in [1.54, 1.807) is 12.4 Å². The first-order valence-electron chi connectivity index (χ1n) is 6.33. The molecule has 2 amide bonds. The first-order chi connectivity index (χ1) is 10.1. The SMILES string of the molecule is O=C(NCCc1ncc[nH]1)NCc1cc(C(=O)O)ccn1. The molecule has 2 aromatic heterocycles. The number of urea groups is 1. The van der Waals surface area contributed by atoms with Crippen molar-refractivity contribution in [3.63, 3.8) is 0 Å². The molecule has 0 saturated carbocycles. The van der Waals surface area contributed by atoms with Gasteiger partial charge in [0.05, 0.1) is 17.8 Å². The maximum atomic E-state index is 11.6. The molecular formula is C13H15N5O3. The fourth-order valence-electron chi connectivity index (χ4n) is 1.67. The fraction of sp³-hybridized carbons (Fsp3) is 0.231. The minimum atomic E-state index is -1.03. The van der Waals surface area contributed by atoms with Gasteiger partial charge in [-0.2, -0.15) is 0 Å². The normalized spacial score (nSPS) is 10.1. The van der Waals surface area contributed by atoms with Crippen LogP contribution in [-0.4, -0.2) is 38.6 Å². The molecule has 4 N–H and O–H groups in total. The molecule has 0 fully saturated rings. The van der Waals surface area contributed by atoms with Crippen molar-refractivity contribution in [3.05, 3.63) is 47.8 Å². The predicted molar refractivity (Wildman–Crippen MR) is 73.7 cm³/mol. The minimum absolute atomic E-state index is 0.139. The van der Waals surface area contributed by atoms with Crippen LogP contribution in [0.2, 0.25) is 0 Å². The van der Waals surface area contributed by atoms with Gasteiger partial charge in [-0.1, -0.05) is 0 Å². The second-order valence-corrected chi connectivity index (χ2v) is 4.24. The highest BCUT2D eigenvalue weighted by molar-refractivity contribution is 5.87. The summed E-state index contributed by atoms with van der Waals surface area (Å²) in [5, 5.41) is 14.1. The monoisotopic (exact) mass is 289 g/mol. The summed E-state index contributed by atoms with van der Waals surface area (Å²) in [6.07, 6.45) is 5.37. The Kier molecular flexibility index (Phi) is 4.86. The van der Waals surface area contributed by atoms with Gasteiger partial charge in [-0.25, -0.2) is 14.6 Å². The highest BCUT2D eigenvalue weighted by Gasteiger charge is 2.06. The van der Waals surface area contributed by atoms with Crippen LogP contribution in [0.5, 0.6) is 0 Å². The Labute approximate surface area is 120 Å². The molecule has 8 nitrogen and oxygen atoms in total. The molecule has 0 bridgehead atoms. The first-order valence-corrected chi connectivity index (χ1v) is 6.33. The number of rotatable bonds is 6. The van der Waals surface area contributed by atoms with Crippen LogP contribution in [0.15, 0.2) is 30.7 Å². The van der Waals surface area contributed by atoms with E-state index in [1.165, 1.54) is 18.3 Å². The Morgan fingerprint density at radius 2 is 2.10 bits per heavy atom. The Balaban J connectivity index is 1.73. The predicted octanol–water partition coefficient (Wildman–Crippen LogP) is 0.545. The number of pyridine rings is 1. The van der Waals surface area contributed by atoms with Gasteiger partial charge >= 0.3 is 12.0 Å². The van der Waals surface area contributed by atoms with Crippen LogP contribution in [0, 0.1) is 0 Å². The number of carboxylic acids is 1. The maximum absolute atomic E-state index is 11.6. The van der Waals surface area contributed by atoms with Crippen molar-refractivity contribution in [3.8, 4) is 0 Å². The topological polar surface area (TPSA) is 120 Å². The van der Waals surface area contributed by atoms with Crippen molar-refractivity contribution in [2.24, 2.45) is 0 Å². The molecular weight excluding hydrogens is 274 g/mol. The standard InChI is InChI=1S/C13H15N5O3/c19-12(20)9-1-3-14-10(7-9)8-18-13(21)17-4-2-11-15-5-6-16-11/h1,3,5-7H,2,4,8H2,(H,15,16)(H,19,20)(H2,17,18,21). The quantitative estimate of drug-likeness (QED) is 0.619. The highest BCUT2D eigenvalue weighted by atomic mass is 16.4. The van der Waals surface area contributed by atoms with Crippen molar-refractivity contribution >= 4 is 12.0 Å². The molecule has 2 heterocycles. The van der Waals surface area contributed by atoms with Gasteiger partial charge in [0.15, 0.2) is 0 Å². The molecule has 21 heavy (non-hydrogen) atoms. The van der Waals surface area contributed by atoms with E-state index in [4.69, 9.17) is 5.11 Å². The summed E-state index contributed by atoms with van der Waals surface area (Å²) in [6.45, 7) is 0.607. The van der Waals surface area contributed by atoms with Crippen LogP contribution >= 0.6 is 0 Å². The molecule has 0 atom stereocenters. The van der Waals surface area contributed by atoms with Crippen molar-refractivity contribution in [2.75, 3.05) is 6.54 Å². The second kappa shape index (κ2) is 7.04. The van der Waals surface area contributed by atoms with E-state index < -0.39 is 5.97 Å². The highest BCUT2D eigenvalue weighted by Crippen LogP contribution is 2.01. The molecule has 0 aliphatic heterocycles. The average Bonchev–Trinajstić information content (AvgIpc) is 2.99. The number of nitrogens with zero attached hydrogens (tertiary/aromatic N) is 2. The van der Waals surface area contributed by atoms with Crippen LogP contribution in [-0.2, 0) is 13.0 Å². The van der Waals surface area contributed by atoms with Gasteiger partial charge in [-0.15, -0.1) is 0 Å². The number of aromatic nitrogens is 3. The third-order valence-electron chi connectivity index (χ3n) is 2.70. The average molecular weight is 289 g/mol. The van der Waals surface area contributed by atoms with Crippen molar-refractivity contribution in [1.82, 2.24) is 25.6 Å². The number of hydrogen-bond donors (Lipinski definition) is 4. The Bertz CT molecular complexity index is 612. The summed E-state index contributed by atoms with van der Waals surface area (Å²) in [4.78, 5) is 33.3. The zero-order chi connectivity index (χ0) is 15.1. The number of carbonyl (C=O) groups is 2. The molecule has 0 aromatic carbocycles. The summed E-state index contributed by atoms with van der Waals surface area (Å²) in [5.41, 5.74) is 0.621. The van der Waals surface area contributed by atoms with Gasteiger partial charge < -0.3 is 20.7 Å². The summed E-state index contributed by atoms with van der Waals surface area (Å²) >= 11 is 0. The smallest absolute Gasteiger partial charge is 0.335 e. The number of imidazole rings is 1. The van der Waals surface area contributed by atoms with Gasteiger partial charge in [0.1, 0.15) is 5.82 Å². The third kappa shape index (κ3) is 4.60. The zero-order valence-corrected chi connectivity index (χ0v) is 11.2. The number of aromatic carboxylic acids is 1. The van der Waals surface area contributed by atoms with Gasteiger partial charge in [0.25, 0.3) is 0 Å². The summed E-state index contributed by atoms with van der Waals surface area (Å²) in [5.74, 6) is -0.229. The van der Waals surface area contributed by atoms with Gasteiger partial charge in [-0.05, 0) is 12.1 Å². The molecule has 0 spiro atoms. The fourth-order valence-corrected chi connectivity index (χ4v) is 1.67. The molecule has 2 rings (SSSR count). The summed E-state index contributed by atoms with van der Waals surface area (Å²) in [7, 11) is 0. The lowest BCUT2D eigenvalue weighted by Gasteiger charge is -2.07. The van der Waals surface area contributed by atoms with Crippen LogP contribution in [0.3, 0.4) is 0 Å². The van der Waals surface area contributed by atoms with E-state index in [2.05, 4.69) is 25.6 Å². The molecule has 110 valence electrons. The zero-order valence-electron chi connectivity index (χ0n) is 11.2. The molecule has 0 aliphatic rings. The van der Waals surface area contributed by atoms with Crippen molar-refractivity contribution < 1.29 is 14.7 Å². The molecule has 0 saturated heterocycles. The van der Waals surface area contributed by atoms with E-state index in [0.717, 1.165) is 5.82 Å².